The normalized spacial score (nSPS) is 10.1. The van der Waals surface area contributed by atoms with Crippen molar-refractivity contribution in [1.29, 1.82) is 0 Å². The molecule has 0 unspecified atom stereocenters. The maximum atomic E-state index is 11.0. The highest BCUT2D eigenvalue weighted by Gasteiger charge is 2.14. The quantitative estimate of drug-likeness (QED) is 0.494. The minimum atomic E-state index is -0.829. The number of aromatic nitrogens is 2. The molecule has 1 aromatic carbocycles. The molecule has 2 N–H and O–H groups in total. The minimum Gasteiger partial charge on any atom is -0.412 e. The van der Waals surface area contributed by atoms with E-state index in [0.717, 1.165) is 3.57 Å². The standard InChI is InChI=1S/C9H6IN3O3/c10-6-3-1-5(2-4-6)8-11-12-9(16-8)7(14)13-15/h1-4,15H,(H,13,14). The molecule has 0 spiro atoms. The number of halogens is 1. The molecular weight excluding hydrogens is 325 g/mol. The molecule has 0 aliphatic rings. The Bertz CT molecular complexity index is 509. The van der Waals surface area contributed by atoms with Crippen LogP contribution in [0.4, 0.5) is 0 Å². The van der Waals surface area contributed by atoms with Crippen molar-refractivity contribution in [2.45, 2.75) is 0 Å². The SMILES string of the molecule is O=C(NO)c1nnc(-c2ccc(I)cc2)o1. The van der Waals surface area contributed by atoms with Crippen LogP contribution in [0.3, 0.4) is 0 Å². The highest BCUT2D eigenvalue weighted by atomic mass is 127. The first-order valence-corrected chi connectivity index (χ1v) is 5.32. The number of nitrogens with zero attached hydrogens (tertiary/aromatic N) is 2. The third-order valence-electron chi connectivity index (χ3n) is 1.81. The van der Waals surface area contributed by atoms with Gasteiger partial charge in [-0.15, -0.1) is 10.2 Å². The van der Waals surface area contributed by atoms with Crippen LogP contribution in [0, 0.1) is 3.57 Å². The van der Waals surface area contributed by atoms with Crippen LogP contribution in [-0.2, 0) is 0 Å². The second-order valence-corrected chi connectivity index (χ2v) is 4.11. The van der Waals surface area contributed by atoms with Crippen LogP contribution in [0.15, 0.2) is 28.7 Å². The molecule has 0 saturated carbocycles. The van der Waals surface area contributed by atoms with Gasteiger partial charge in [0.15, 0.2) is 0 Å². The van der Waals surface area contributed by atoms with Crippen molar-refractivity contribution in [3.8, 4) is 11.5 Å². The summed E-state index contributed by atoms with van der Waals surface area (Å²) in [5.74, 6) is -0.879. The van der Waals surface area contributed by atoms with Gasteiger partial charge >= 0.3 is 11.8 Å². The van der Waals surface area contributed by atoms with Crippen molar-refractivity contribution >= 4 is 28.5 Å². The van der Waals surface area contributed by atoms with E-state index in [2.05, 4.69) is 32.8 Å². The topological polar surface area (TPSA) is 88.2 Å². The molecule has 0 atom stereocenters. The largest absolute Gasteiger partial charge is 0.412 e. The van der Waals surface area contributed by atoms with E-state index in [1.165, 1.54) is 5.48 Å². The second-order valence-electron chi connectivity index (χ2n) is 2.86. The number of hydroxylamine groups is 1. The number of nitrogens with one attached hydrogen (secondary N) is 1. The molecule has 1 amide bonds. The van der Waals surface area contributed by atoms with E-state index in [0.29, 0.717) is 5.56 Å². The number of rotatable bonds is 2. The number of benzene rings is 1. The van der Waals surface area contributed by atoms with Gasteiger partial charge in [-0.1, -0.05) is 0 Å². The summed E-state index contributed by atoms with van der Waals surface area (Å²) in [5, 5.41) is 15.6. The summed E-state index contributed by atoms with van der Waals surface area (Å²) >= 11 is 2.17. The monoisotopic (exact) mass is 331 g/mol. The molecule has 16 heavy (non-hydrogen) atoms. The smallest absolute Gasteiger partial charge is 0.332 e. The zero-order valence-corrected chi connectivity index (χ0v) is 10.0. The second kappa shape index (κ2) is 4.58. The zero-order chi connectivity index (χ0) is 11.5. The molecule has 0 radical (unpaired) electrons. The van der Waals surface area contributed by atoms with Crippen LogP contribution in [0.2, 0.25) is 0 Å². The van der Waals surface area contributed by atoms with Crippen LogP contribution >= 0.6 is 22.6 Å². The highest BCUT2D eigenvalue weighted by molar-refractivity contribution is 14.1. The third kappa shape index (κ3) is 2.19. The molecule has 2 aromatic rings. The molecule has 0 aliphatic heterocycles. The summed E-state index contributed by atoms with van der Waals surface area (Å²) in [6.07, 6.45) is 0. The fraction of sp³-hybridized carbons (Fsp3) is 0. The molecule has 0 saturated heterocycles. The van der Waals surface area contributed by atoms with Gasteiger partial charge in [0.2, 0.25) is 5.89 Å². The average molecular weight is 331 g/mol. The number of carbonyl (C=O) groups excluding carboxylic acids is 1. The number of carbonyl (C=O) groups is 1. The molecule has 0 aliphatic carbocycles. The first-order chi connectivity index (χ1) is 7.70. The summed E-state index contributed by atoms with van der Waals surface area (Å²) < 4.78 is 6.14. The fourth-order valence-electron chi connectivity index (χ4n) is 1.07. The first-order valence-electron chi connectivity index (χ1n) is 4.24. The lowest BCUT2D eigenvalue weighted by Crippen LogP contribution is -2.18. The van der Waals surface area contributed by atoms with Crippen LogP contribution in [0.25, 0.3) is 11.5 Å². The molecule has 0 bridgehead atoms. The molecule has 1 aromatic heterocycles. The number of amides is 1. The Hall–Kier alpha value is -1.48. The zero-order valence-electron chi connectivity index (χ0n) is 7.85. The molecule has 82 valence electrons. The molecular formula is C9H6IN3O3. The van der Waals surface area contributed by atoms with Gasteiger partial charge in [0.05, 0.1) is 0 Å². The van der Waals surface area contributed by atoms with Crippen LogP contribution in [-0.4, -0.2) is 21.3 Å². The molecule has 7 heteroatoms. The van der Waals surface area contributed by atoms with E-state index >= 15 is 0 Å². The van der Waals surface area contributed by atoms with Crippen LogP contribution in [0.5, 0.6) is 0 Å². The Morgan fingerprint density at radius 2 is 2.00 bits per heavy atom. The lowest BCUT2D eigenvalue weighted by Gasteiger charge is -1.94. The Labute approximate surface area is 104 Å². The Balaban J connectivity index is 2.31. The van der Waals surface area contributed by atoms with Crippen molar-refractivity contribution in [1.82, 2.24) is 15.7 Å². The summed E-state index contributed by atoms with van der Waals surface area (Å²) in [7, 11) is 0. The van der Waals surface area contributed by atoms with Crippen molar-refractivity contribution < 1.29 is 14.4 Å². The van der Waals surface area contributed by atoms with E-state index in [1.54, 1.807) is 12.1 Å². The van der Waals surface area contributed by atoms with Gasteiger partial charge in [-0.25, -0.2) is 5.48 Å². The third-order valence-corrected chi connectivity index (χ3v) is 2.53. The van der Waals surface area contributed by atoms with Gasteiger partial charge in [-0.05, 0) is 46.9 Å². The van der Waals surface area contributed by atoms with Gasteiger partial charge in [0.25, 0.3) is 0 Å². The van der Waals surface area contributed by atoms with Gasteiger partial charge < -0.3 is 4.42 Å². The van der Waals surface area contributed by atoms with E-state index < -0.39 is 5.91 Å². The van der Waals surface area contributed by atoms with Gasteiger partial charge in [0.1, 0.15) is 0 Å². The van der Waals surface area contributed by atoms with Crippen molar-refractivity contribution in [3.05, 3.63) is 33.7 Å². The molecule has 6 nitrogen and oxygen atoms in total. The summed E-state index contributed by atoms with van der Waals surface area (Å²) in [4.78, 5) is 11.0. The van der Waals surface area contributed by atoms with Gasteiger partial charge in [-0.2, -0.15) is 0 Å². The van der Waals surface area contributed by atoms with E-state index in [4.69, 9.17) is 9.62 Å². The van der Waals surface area contributed by atoms with E-state index in [1.807, 2.05) is 12.1 Å². The molecule has 2 rings (SSSR count). The predicted octanol–water partition coefficient (Wildman–Crippen LogP) is 1.46. The Morgan fingerprint density at radius 3 is 2.62 bits per heavy atom. The maximum absolute atomic E-state index is 11.0. The molecule has 1 heterocycles. The predicted molar refractivity (Wildman–Crippen MR) is 61.7 cm³/mol. The fourth-order valence-corrected chi connectivity index (χ4v) is 1.43. The molecule has 0 fully saturated rings. The average Bonchev–Trinajstić information content (AvgIpc) is 2.78. The van der Waals surface area contributed by atoms with Gasteiger partial charge in [0, 0.05) is 9.13 Å². The lowest BCUT2D eigenvalue weighted by molar-refractivity contribution is 0.0669. The Kier molecular flexibility index (Phi) is 3.15. The minimum absolute atomic E-state index is 0.231. The van der Waals surface area contributed by atoms with Crippen molar-refractivity contribution in [2.24, 2.45) is 0 Å². The van der Waals surface area contributed by atoms with E-state index in [9.17, 15) is 4.79 Å². The summed E-state index contributed by atoms with van der Waals surface area (Å²) in [6, 6.07) is 7.36. The number of hydrogen-bond donors (Lipinski definition) is 2. The first kappa shape index (κ1) is 11.0. The van der Waals surface area contributed by atoms with Crippen LogP contribution < -0.4 is 5.48 Å². The van der Waals surface area contributed by atoms with Crippen molar-refractivity contribution in [3.63, 3.8) is 0 Å². The van der Waals surface area contributed by atoms with Gasteiger partial charge in [-0.3, -0.25) is 10.0 Å². The highest BCUT2D eigenvalue weighted by Crippen LogP contribution is 2.18. The van der Waals surface area contributed by atoms with E-state index in [-0.39, 0.29) is 11.8 Å². The Morgan fingerprint density at radius 1 is 1.31 bits per heavy atom. The lowest BCUT2D eigenvalue weighted by atomic mass is 10.2. The summed E-state index contributed by atoms with van der Waals surface area (Å²) in [6.45, 7) is 0. The number of hydrogen-bond acceptors (Lipinski definition) is 5. The van der Waals surface area contributed by atoms with Crippen LogP contribution in [0.1, 0.15) is 10.7 Å². The van der Waals surface area contributed by atoms with Crippen molar-refractivity contribution in [2.75, 3.05) is 0 Å². The maximum Gasteiger partial charge on any atom is 0.332 e. The summed E-state index contributed by atoms with van der Waals surface area (Å²) in [5.41, 5.74) is 2.13.